The minimum Gasteiger partial charge on any atom is -0.486 e. The molecule has 0 saturated carbocycles. The highest BCUT2D eigenvalue weighted by Crippen LogP contribution is 2.38. The molecule has 3 aliphatic heterocycles. The highest BCUT2D eigenvalue weighted by atomic mass is 32.2. The molecule has 8 nitrogen and oxygen atoms in total. The van der Waals surface area contributed by atoms with Crippen LogP contribution in [0.1, 0.15) is 30.0 Å². The van der Waals surface area contributed by atoms with Gasteiger partial charge in [-0.05, 0) is 42.7 Å². The molecule has 0 aliphatic carbocycles. The van der Waals surface area contributed by atoms with Crippen molar-refractivity contribution in [3.63, 3.8) is 0 Å². The summed E-state index contributed by atoms with van der Waals surface area (Å²) in [6.45, 7) is 1.57. The number of amides is 1. The van der Waals surface area contributed by atoms with E-state index in [4.69, 9.17) is 9.47 Å². The van der Waals surface area contributed by atoms with Gasteiger partial charge in [0.1, 0.15) is 25.6 Å². The molecule has 0 spiro atoms. The number of ether oxygens (including phenoxy) is 2. The number of benzene rings is 2. The summed E-state index contributed by atoms with van der Waals surface area (Å²) in [7, 11) is -3.62. The van der Waals surface area contributed by atoms with Crippen LogP contribution in [-0.2, 0) is 14.8 Å². The zero-order valence-corrected chi connectivity index (χ0v) is 17.0. The van der Waals surface area contributed by atoms with E-state index >= 15 is 0 Å². The summed E-state index contributed by atoms with van der Waals surface area (Å²) in [6, 6.07) is 12.4. The molecule has 1 unspecified atom stereocenters. The smallest absolute Gasteiger partial charge is 0.263 e. The third kappa shape index (κ3) is 3.28. The fraction of sp³-hybridized carbons (Fsp3) is 0.333. The third-order valence-electron chi connectivity index (χ3n) is 5.56. The van der Waals surface area contributed by atoms with Crippen molar-refractivity contribution in [1.29, 1.82) is 0 Å². The van der Waals surface area contributed by atoms with Gasteiger partial charge in [0, 0.05) is 12.1 Å². The number of fused-ring (bicyclic) bond motifs is 2. The third-order valence-corrected chi connectivity index (χ3v) is 6.96. The molecule has 2 aromatic carbocycles. The van der Waals surface area contributed by atoms with Crippen LogP contribution in [0.3, 0.4) is 0 Å². The Bertz CT molecular complexity index is 1150. The maximum absolute atomic E-state index is 12.9. The van der Waals surface area contributed by atoms with E-state index < -0.39 is 10.0 Å². The Kier molecular flexibility index (Phi) is 4.62. The first kappa shape index (κ1) is 18.9. The van der Waals surface area contributed by atoms with Crippen molar-refractivity contribution in [3.05, 3.63) is 53.6 Å². The van der Waals surface area contributed by atoms with Crippen molar-refractivity contribution in [2.75, 3.05) is 26.3 Å². The Morgan fingerprint density at radius 3 is 2.80 bits per heavy atom. The van der Waals surface area contributed by atoms with Crippen LogP contribution >= 0.6 is 0 Å². The average molecular weight is 427 g/mol. The highest BCUT2D eigenvalue weighted by Gasteiger charge is 2.33. The number of aliphatic imine (C=N–C) groups is 1. The molecular weight excluding hydrogens is 406 g/mol. The number of nitrogens with zero attached hydrogens (tertiary/aromatic N) is 2. The Morgan fingerprint density at radius 1 is 1.13 bits per heavy atom. The van der Waals surface area contributed by atoms with Crippen molar-refractivity contribution in [3.8, 4) is 11.5 Å². The molecular formula is C21H21N3O5S. The van der Waals surface area contributed by atoms with E-state index in [2.05, 4.69) is 9.71 Å². The number of rotatable bonds is 3. The van der Waals surface area contributed by atoms with Crippen LogP contribution in [0.5, 0.6) is 11.5 Å². The molecule has 5 rings (SSSR count). The summed E-state index contributed by atoms with van der Waals surface area (Å²) < 4.78 is 38.1. The molecule has 0 bridgehead atoms. The number of hydrogen-bond donors (Lipinski definition) is 1. The molecule has 0 radical (unpaired) electrons. The van der Waals surface area contributed by atoms with E-state index in [-0.39, 0.29) is 29.2 Å². The van der Waals surface area contributed by atoms with Gasteiger partial charge >= 0.3 is 0 Å². The molecule has 1 N–H and O–H groups in total. The largest absolute Gasteiger partial charge is 0.486 e. The number of hydrogen-bond acceptors (Lipinski definition) is 6. The summed E-state index contributed by atoms with van der Waals surface area (Å²) >= 11 is 0. The summed E-state index contributed by atoms with van der Waals surface area (Å²) in [5.41, 5.74) is 1.50. The topological polar surface area (TPSA) is 97.3 Å². The standard InChI is InChI=1S/C21H21N3O5S/c25-20(13-22-21-15-4-1-2-6-19(15)30(26,27)23-21)24-9-3-5-16(24)14-7-8-17-18(12-14)29-11-10-28-17/h1-2,4,6-8,12,16H,3,5,9-11,13H2,(H,22,23). The van der Waals surface area contributed by atoms with Gasteiger partial charge in [0.25, 0.3) is 10.0 Å². The zero-order valence-electron chi connectivity index (χ0n) is 16.2. The fourth-order valence-electron chi connectivity index (χ4n) is 4.17. The molecule has 156 valence electrons. The van der Waals surface area contributed by atoms with Gasteiger partial charge in [0.2, 0.25) is 5.91 Å². The maximum atomic E-state index is 12.9. The van der Waals surface area contributed by atoms with Crippen LogP contribution in [0.4, 0.5) is 0 Å². The molecule has 9 heteroatoms. The van der Waals surface area contributed by atoms with Gasteiger partial charge < -0.3 is 14.4 Å². The lowest BCUT2D eigenvalue weighted by molar-refractivity contribution is -0.130. The monoisotopic (exact) mass is 427 g/mol. The van der Waals surface area contributed by atoms with Gasteiger partial charge in [-0.1, -0.05) is 18.2 Å². The van der Waals surface area contributed by atoms with E-state index in [9.17, 15) is 13.2 Å². The normalized spacial score (nSPS) is 22.6. The van der Waals surface area contributed by atoms with Crippen LogP contribution in [0, 0.1) is 0 Å². The predicted molar refractivity (Wildman–Crippen MR) is 109 cm³/mol. The Balaban J connectivity index is 1.35. The second-order valence-corrected chi connectivity index (χ2v) is 9.07. The van der Waals surface area contributed by atoms with Crippen LogP contribution < -0.4 is 14.2 Å². The van der Waals surface area contributed by atoms with Crippen molar-refractivity contribution < 1.29 is 22.7 Å². The Labute approximate surface area is 174 Å². The van der Waals surface area contributed by atoms with Crippen molar-refractivity contribution in [2.24, 2.45) is 4.99 Å². The van der Waals surface area contributed by atoms with Gasteiger partial charge in [-0.2, -0.15) is 0 Å². The second kappa shape index (κ2) is 7.32. The fourth-order valence-corrected chi connectivity index (χ4v) is 5.42. The lowest BCUT2D eigenvalue weighted by Crippen LogP contribution is -2.33. The van der Waals surface area contributed by atoms with Gasteiger partial charge in [-0.15, -0.1) is 0 Å². The molecule has 1 saturated heterocycles. The number of carbonyl (C=O) groups is 1. The minimum absolute atomic E-state index is 0.0546. The van der Waals surface area contributed by atoms with E-state index in [0.717, 1.165) is 24.2 Å². The first-order valence-corrected chi connectivity index (χ1v) is 11.4. The molecule has 3 heterocycles. The maximum Gasteiger partial charge on any atom is 0.263 e. The number of amidine groups is 1. The summed E-state index contributed by atoms with van der Waals surface area (Å²) in [4.78, 5) is 19.2. The molecule has 1 atom stereocenters. The van der Waals surface area contributed by atoms with Gasteiger partial charge in [-0.3, -0.25) is 14.5 Å². The first-order chi connectivity index (χ1) is 14.5. The summed E-state index contributed by atoms with van der Waals surface area (Å²) in [6.07, 6.45) is 1.76. The average Bonchev–Trinajstić information content (AvgIpc) is 3.35. The summed E-state index contributed by atoms with van der Waals surface area (Å²) in [5.74, 6) is 1.51. The van der Waals surface area contributed by atoms with E-state index in [1.165, 1.54) is 6.07 Å². The SMILES string of the molecule is O=C(CN=C1NS(=O)(=O)c2ccccc21)N1CCCC1c1ccc2c(c1)OCCO2. The molecule has 1 fully saturated rings. The first-order valence-electron chi connectivity index (χ1n) is 9.89. The van der Waals surface area contributed by atoms with Crippen LogP contribution in [-0.4, -0.2) is 51.4 Å². The molecule has 1 amide bonds. The van der Waals surface area contributed by atoms with Gasteiger partial charge in [-0.25, -0.2) is 8.42 Å². The Morgan fingerprint density at radius 2 is 1.93 bits per heavy atom. The summed E-state index contributed by atoms with van der Waals surface area (Å²) in [5, 5.41) is 0. The zero-order chi connectivity index (χ0) is 20.7. The molecule has 2 aromatic rings. The lowest BCUT2D eigenvalue weighted by atomic mass is 10.0. The van der Waals surface area contributed by atoms with E-state index in [1.54, 1.807) is 18.2 Å². The van der Waals surface area contributed by atoms with Crippen LogP contribution in [0.2, 0.25) is 0 Å². The van der Waals surface area contributed by atoms with Crippen molar-refractivity contribution in [1.82, 2.24) is 9.62 Å². The molecule has 3 aliphatic rings. The number of nitrogens with one attached hydrogen (secondary N) is 1. The lowest BCUT2D eigenvalue weighted by Gasteiger charge is -2.26. The van der Waals surface area contributed by atoms with Crippen molar-refractivity contribution >= 4 is 21.8 Å². The quantitative estimate of drug-likeness (QED) is 0.807. The number of likely N-dealkylation sites (tertiary alicyclic amines) is 1. The molecule has 30 heavy (non-hydrogen) atoms. The minimum atomic E-state index is -3.62. The predicted octanol–water partition coefficient (Wildman–Crippen LogP) is 1.86. The number of sulfonamides is 1. The van der Waals surface area contributed by atoms with E-state index in [1.807, 2.05) is 23.1 Å². The van der Waals surface area contributed by atoms with Crippen LogP contribution in [0.25, 0.3) is 0 Å². The highest BCUT2D eigenvalue weighted by molar-refractivity contribution is 7.90. The van der Waals surface area contributed by atoms with Gasteiger partial charge in [0.15, 0.2) is 11.5 Å². The Hall–Kier alpha value is -3.07. The van der Waals surface area contributed by atoms with E-state index in [0.29, 0.717) is 31.1 Å². The van der Waals surface area contributed by atoms with Crippen LogP contribution in [0.15, 0.2) is 52.4 Å². The van der Waals surface area contributed by atoms with Gasteiger partial charge in [0.05, 0.1) is 10.9 Å². The molecule has 0 aromatic heterocycles. The van der Waals surface area contributed by atoms with Crippen molar-refractivity contribution in [2.45, 2.75) is 23.8 Å². The second-order valence-electron chi connectivity index (χ2n) is 7.41. The number of carbonyl (C=O) groups excluding carboxylic acids is 1.